The molecule has 0 radical (unpaired) electrons. The molecule has 0 saturated carbocycles. The van der Waals surface area contributed by atoms with E-state index >= 15 is 0 Å². The van der Waals surface area contributed by atoms with Gasteiger partial charge in [-0.15, -0.1) is 0 Å². The van der Waals surface area contributed by atoms with E-state index < -0.39 is 15.9 Å². The standard InChI is InChI=1S/C22H28N2O3S/c1-18(12-13-19-8-4-2-5-9-19)23-22(25)21(20-10-6-3-7-11-20)24-14-16-28(26,27)17-15-24/h2-11,18,21H,12-17H2,1H3,(H,23,25). The Hall–Kier alpha value is -2.18. The van der Waals surface area contributed by atoms with Crippen LogP contribution in [0.3, 0.4) is 0 Å². The van der Waals surface area contributed by atoms with Crippen molar-refractivity contribution in [3.05, 3.63) is 71.8 Å². The van der Waals surface area contributed by atoms with Crippen molar-refractivity contribution < 1.29 is 13.2 Å². The van der Waals surface area contributed by atoms with Gasteiger partial charge in [-0.1, -0.05) is 60.7 Å². The Bertz CT molecular complexity index is 855. The van der Waals surface area contributed by atoms with Gasteiger partial charge in [-0.05, 0) is 30.9 Å². The molecule has 2 aromatic rings. The molecule has 2 aromatic carbocycles. The van der Waals surface area contributed by atoms with E-state index in [0.717, 1.165) is 18.4 Å². The lowest BCUT2D eigenvalue weighted by Crippen LogP contribution is -2.49. The molecule has 150 valence electrons. The molecule has 3 rings (SSSR count). The molecule has 0 spiro atoms. The summed E-state index contributed by atoms with van der Waals surface area (Å²) in [7, 11) is -2.99. The third-order valence-electron chi connectivity index (χ3n) is 5.21. The fourth-order valence-electron chi connectivity index (χ4n) is 3.57. The Morgan fingerprint density at radius 2 is 1.57 bits per heavy atom. The topological polar surface area (TPSA) is 66.5 Å². The third kappa shape index (κ3) is 5.66. The van der Waals surface area contributed by atoms with E-state index in [9.17, 15) is 13.2 Å². The van der Waals surface area contributed by atoms with Crippen molar-refractivity contribution >= 4 is 15.7 Å². The van der Waals surface area contributed by atoms with Gasteiger partial charge in [0.05, 0.1) is 11.5 Å². The van der Waals surface area contributed by atoms with E-state index in [-0.39, 0.29) is 23.5 Å². The maximum atomic E-state index is 13.1. The number of carbonyl (C=O) groups excluding carboxylic acids is 1. The summed E-state index contributed by atoms with van der Waals surface area (Å²) in [5.74, 6) is 0.145. The van der Waals surface area contributed by atoms with Crippen molar-refractivity contribution in [3.8, 4) is 0 Å². The molecule has 1 heterocycles. The lowest BCUT2D eigenvalue weighted by atomic mass is 10.0. The Morgan fingerprint density at radius 1 is 1.00 bits per heavy atom. The largest absolute Gasteiger partial charge is 0.352 e. The van der Waals surface area contributed by atoms with Crippen LogP contribution >= 0.6 is 0 Å². The van der Waals surface area contributed by atoms with Gasteiger partial charge in [0, 0.05) is 19.1 Å². The molecule has 1 fully saturated rings. The van der Waals surface area contributed by atoms with Crippen LogP contribution < -0.4 is 5.32 Å². The molecule has 6 heteroatoms. The molecule has 0 aromatic heterocycles. The minimum Gasteiger partial charge on any atom is -0.352 e. The van der Waals surface area contributed by atoms with Crippen LogP contribution in [-0.4, -0.2) is 49.9 Å². The Labute approximate surface area is 167 Å². The molecule has 1 aliphatic heterocycles. The number of hydrogen-bond donors (Lipinski definition) is 1. The number of aryl methyl sites for hydroxylation is 1. The summed E-state index contributed by atoms with van der Waals surface area (Å²) < 4.78 is 23.6. The molecule has 1 amide bonds. The van der Waals surface area contributed by atoms with Crippen LogP contribution in [0.4, 0.5) is 0 Å². The number of amides is 1. The molecular formula is C22H28N2O3S. The second kappa shape index (κ2) is 9.34. The van der Waals surface area contributed by atoms with Crippen LogP contribution in [0.1, 0.15) is 30.5 Å². The normalized spacial score (nSPS) is 18.9. The summed E-state index contributed by atoms with van der Waals surface area (Å²) in [4.78, 5) is 15.1. The zero-order chi connectivity index (χ0) is 20.0. The van der Waals surface area contributed by atoms with Crippen molar-refractivity contribution in [2.75, 3.05) is 24.6 Å². The van der Waals surface area contributed by atoms with Gasteiger partial charge in [0.15, 0.2) is 9.84 Å². The lowest BCUT2D eigenvalue weighted by Gasteiger charge is -2.34. The molecule has 1 N–H and O–H groups in total. The second-order valence-electron chi connectivity index (χ2n) is 7.43. The Balaban J connectivity index is 1.66. The van der Waals surface area contributed by atoms with Crippen LogP contribution in [0.2, 0.25) is 0 Å². The molecule has 2 atom stereocenters. The van der Waals surface area contributed by atoms with Crippen LogP contribution in [0.5, 0.6) is 0 Å². The van der Waals surface area contributed by atoms with Gasteiger partial charge >= 0.3 is 0 Å². The molecular weight excluding hydrogens is 372 g/mol. The molecule has 2 unspecified atom stereocenters. The van der Waals surface area contributed by atoms with E-state index in [0.29, 0.717) is 13.1 Å². The van der Waals surface area contributed by atoms with Crippen LogP contribution in [0.15, 0.2) is 60.7 Å². The first-order chi connectivity index (χ1) is 13.4. The maximum Gasteiger partial charge on any atom is 0.242 e. The van der Waals surface area contributed by atoms with Gasteiger partial charge in [-0.2, -0.15) is 0 Å². The second-order valence-corrected chi connectivity index (χ2v) is 9.74. The van der Waals surface area contributed by atoms with Gasteiger partial charge < -0.3 is 5.32 Å². The Morgan fingerprint density at radius 3 is 2.18 bits per heavy atom. The van der Waals surface area contributed by atoms with Gasteiger partial charge in [0.1, 0.15) is 6.04 Å². The minimum atomic E-state index is -2.99. The SMILES string of the molecule is CC(CCc1ccccc1)NC(=O)C(c1ccccc1)N1CCS(=O)(=O)CC1. The number of benzene rings is 2. The van der Waals surface area contributed by atoms with Crippen LogP contribution in [0, 0.1) is 0 Å². The van der Waals surface area contributed by atoms with Crippen molar-refractivity contribution in [1.29, 1.82) is 0 Å². The first kappa shape index (κ1) is 20.6. The molecule has 1 saturated heterocycles. The number of sulfone groups is 1. The molecule has 0 bridgehead atoms. The van der Waals surface area contributed by atoms with E-state index in [2.05, 4.69) is 17.4 Å². The molecule has 0 aliphatic carbocycles. The quantitative estimate of drug-likeness (QED) is 0.776. The number of rotatable bonds is 7. The van der Waals surface area contributed by atoms with E-state index in [4.69, 9.17) is 0 Å². The van der Waals surface area contributed by atoms with Crippen molar-refractivity contribution in [2.24, 2.45) is 0 Å². The number of hydrogen-bond acceptors (Lipinski definition) is 4. The summed E-state index contributed by atoms with van der Waals surface area (Å²) in [6.45, 7) is 2.78. The lowest BCUT2D eigenvalue weighted by molar-refractivity contribution is -0.127. The zero-order valence-corrected chi connectivity index (χ0v) is 17.1. The average Bonchev–Trinajstić information content (AvgIpc) is 2.69. The molecule has 5 nitrogen and oxygen atoms in total. The monoisotopic (exact) mass is 400 g/mol. The predicted octanol–water partition coefficient (Wildman–Crippen LogP) is 2.60. The molecule has 1 aliphatic rings. The summed E-state index contributed by atoms with van der Waals surface area (Å²) in [6.07, 6.45) is 1.76. The summed E-state index contributed by atoms with van der Waals surface area (Å²) in [5.41, 5.74) is 2.15. The summed E-state index contributed by atoms with van der Waals surface area (Å²) in [6, 6.07) is 19.4. The highest BCUT2D eigenvalue weighted by Crippen LogP contribution is 2.23. The van der Waals surface area contributed by atoms with Crippen molar-refractivity contribution in [2.45, 2.75) is 31.8 Å². The summed E-state index contributed by atoms with van der Waals surface area (Å²) >= 11 is 0. The first-order valence-electron chi connectivity index (χ1n) is 9.78. The zero-order valence-electron chi connectivity index (χ0n) is 16.3. The summed E-state index contributed by atoms with van der Waals surface area (Å²) in [5, 5.41) is 3.14. The predicted molar refractivity (Wildman–Crippen MR) is 112 cm³/mol. The van der Waals surface area contributed by atoms with Gasteiger partial charge in [-0.3, -0.25) is 9.69 Å². The van der Waals surface area contributed by atoms with Gasteiger partial charge in [0.2, 0.25) is 5.91 Å². The number of nitrogens with one attached hydrogen (secondary N) is 1. The van der Waals surface area contributed by atoms with Gasteiger partial charge in [-0.25, -0.2) is 8.42 Å². The van der Waals surface area contributed by atoms with E-state index in [1.54, 1.807) is 0 Å². The molecule has 28 heavy (non-hydrogen) atoms. The highest BCUT2D eigenvalue weighted by molar-refractivity contribution is 7.91. The highest BCUT2D eigenvalue weighted by Gasteiger charge is 2.32. The average molecular weight is 401 g/mol. The number of nitrogens with zero attached hydrogens (tertiary/aromatic N) is 1. The highest BCUT2D eigenvalue weighted by atomic mass is 32.2. The van der Waals surface area contributed by atoms with E-state index in [1.165, 1.54) is 5.56 Å². The van der Waals surface area contributed by atoms with Crippen molar-refractivity contribution in [3.63, 3.8) is 0 Å². The maximum absolute atomic E-state index is 13.1. The fourth-order valence-corrected chi connectivity index (χ4v) is 4.80. The van der Waals surface area contributed by atoms with Gasteiger partial charge in [0.25, 0.3) is 0 Å². The van der Waals surface area contributed by atoms with Crippen LogP contribution in [-0.2, 0) is 21.1 Å². The van der Waals surface area contributed by atoms with Crippen LogP contribution in [0.25, 0.3) is 0 Å². The first-order valence-corrected chi connectivity index (χ1v) is 11.6. The third-order valence-corrected chi connectivity index (χ3v) is 6.81. The minimum absolute atomic E-state index is 0.0347. The fraction of sp³-hybridized carbons (Fsp3) is 0.409. The van der Waals surface area contributed by atoms with Crippen molar-refractivity contribution in [1.82, 2.24) is 10.2 Å². The van der Waals surface area contributed by atoms with E-state index in [1.807, 2.05) is 60.4 Å². The Kier molecular flexibility index (Phi) is 6.86. The number of carbonyl (C=O) groups is 1. The smallest absolute Gasteiger partial charge is 0.242 e.